The first-order valence-electron chi connectivity index (χ1n) is 7.00. The van der Waals surface area contributed by atoms with Crippen molar-refractivity contribution in [1.29, 1.82) is 0 Å². The summed E-state index contributed by atoms with van der Waals surface area (Å²) in [5.74, 6) is 0.849. The highest BCUT2D eigenvalue weighted by molar-refractivity contribution is 5.78. The number of carbonyl (C=O) groups excluding carboxylic acids is 1. The molecule has 1 N–H and O–H groups in total. The quantitative estimate of drug-likeness (QED) is 0.850. The molecule has 1 amide bonds. The van der Waals surface area contributed by atoms with Crippen LogP contribution in [-0.4, -0.2) is 37.0 Å². The van der Waals surface area contributed by atoms with Crippen LogP contribution >= 0.6 is 0 Å². The lowest BCUT2D eigenvalue weighted by molar-refractivity contribution is -0.132. The van der Waals surface area contributed by atoms with Crippen LogP contribution in [0.25, 0.3) is 0 Å². The van der Waals surface area contributed by atoms with E-state index in [2.05, 4.69) is 12.2 Å². The SMILES string of the molecule is CCNCc1ccc(OCC(=O)N2CCCC2)cc1. The Hall–Kier alpha value is -1.55. The number of likely N-dealkylation sites (tertiary alicyclic amines) is 1. The van der Waals surface area contributed by atoms with E-state index < -0.39 is 0 Å². The number of benzene rings is 1. The van der Waals surface area contributed by atoms with E-state index in [1.54, 1.807) is 0 Å². The van der Waals surface area contributed by atoms with Gasteiger partial charge in [0.25, 0.3) is 5.91 Å². The standard InChI is InChI=1S/C15H22N2O2/c1-2-16-11-13-5-7-14(8-6-13)19-12-15(18)17-9-3-4-10-17/h5-8,16H,2-4,9-12H2,1H3. The zero-order chi connectivity index (χ0) is 13.5. The first kappa shape index (κ1) is 13.9. The minimum Gasteiger partial charge on any atom is -0.484 e. The van der Waals surface area contributed by atoms with Crippen molar-refractivity contribution in [2.24, 2.45) is 0 Å². The van der Waals surface area contributed by atoms with Gasteiger partial charge in [-0.15, -0.1) is 0 Å². The van der Waals surface area contributed by atoms with Gasteiger partial charge in [-0.3, -0.25) is 4.79 Å². The molecule has 0 atom stereocenters. The Morgan fingerprint density at radius 2 is 1.95 bits per heavy atom. The summed E-state index contributed by atoms with van der Waals surface area (Å²) in [5.41, 5.74) is 1.22. The van der Waals surface area contributed by atoms with E-state index in [0.717, 1.165) is 44.8 Å². The molecular formula is C15H22N2O2. The molecule has 0 bridgehead atoms. The number of amides is 1. The second kappa shape index (κ2) is 7.14. The fraction of sp³-hybridized carbons (Fsp3) is 0.533. The zero-order valence-corrected chi connectivity index (χ0v) is 11.5. The van der Waals surface area contributed by atoms with Gasteiger partial charge < -0.3 is 15.0 Å². The van der Waals surface area contributed by atoms with Crippen LogP contribution in [0.2, 0.25) is 0 Å². The number of hydrogen-bond acceptors (Lipinski definition) is 3. The largest absolute Gasteiger partial charge is 0.484 e. The number of rotatable bonds is 6. The van der Waals surface area contributed by atoms with Crippen molar-refractivity contribution in [1.82, 2.24) is 10.2 Å². The second-order valence-electron chi connectivity index (χ2n) is 4.80. The number of nitrogens with zero attached hydrogens (tertiary/aromatic N) is 1. The molecular weight excluding hydrogens is 240 g/mol. The van der Waals surface area contributed by atoms with Crippen LogP contribution in [-0.2, 0) is 11.3 Å². The highest BCUT2D eigenvalue weighted by Crippen LogP contribution is 2.13. The molecule has 1 aliphatic heterocycles. The Morgan fingerprint density at radius 1 is 1.26 bits per heavy atom. The minimum absolute atomic E-state index is 0.0919. The van der Waals surface area contributed by atoms with Crippen LogP contribution in [0.3, 0.4) is 0 Å². The molecule has 2 rings (SSSR count). The molecule has 0 spiro atoms. The zero-order valence-electron chi connectivity index (χ0n) is 11.5. The van der Waals surface area contributed by atoms with Crippen molar-refractivity contribution in [2.45, 2.75) is 26.3 Å². The molecule has 0 radical (unpaired) electrons. The summed E-state index contributed by atoms with van der Waals surface area (Å²) >= 11 is 0. The normalized spacial score (nSPS) is 14.7. The topological polar surface area (TPSA) is 41.6 Å². The van der Waals surface area contributed by atoms with Gasteiger partial charge in [-0.1, -0.05) is 19.1 Å². The molecule has 1 fully saturated rings. The molecule has 19 heavy (non-hydrogen) atoms. The van der Waals surface area contributed by atoms with Gasteiger partial charge in [-0.05, 0) is 37.1 Å². The molecule has 0 aliphatic carbocycles. The van der Waals surface area contributed by atoms with Gasteiger partial charge in [-0.2, -0.15) is 0 Å². The smallest absolute Gasteiger partial charge is 0.260 e. The van der Waals surface area contributed by atoms with Gasteiger partial charge in [0.05, 0.1) is 0 Å². The predicted molar refractivity (Wildman–Crippen MR) is 75.1 cm³/mol. The van der Waals surface area contributed by atoms with Crippen molar-refractivity contribution in [3.8, 4) is 5.75 Å². The van der Waals surface area contributed by atoms with Crippen LogP contribution in [0, 0.1) is 0 Å². The molecule has 1 heterocycles. The highest BCUT2D eigenvalue weighted by Gasteiger charge is 2.17. The molecule has 4 nitrogen and oxygen atoms in total. The fourth-order valence-corrected chi connectivity index (χ4v) is 2.18. The number of carbonyl (C=O) groups is 1. The minimum atomic E-state index is 0.0919. The first-order chi connectivity index (χ1) is 9.29. The maximum atomic E-state index is 11.8. The van der Waals surface area contributed by atoms with Crippen molar-refractivity contribution in [3.05, 3.63) is 29.8 Å². The molecule has 1 saturated heterocycles. The van der Waals surface area contributed by atoms with Gasteiger partial charge in [0.2, 0.25) is 0 Å². The van der Waals surface area contributed by atoms with Crippen LogP contribution in [0.4, 0.5) is 0 Å². The third-order valence-corrected chi connectivity index (χ3v) is 3.32. The maximum absolute atomic E-state index is 11.8. The van der Waals surface area contributed by atoms with Crippen LogP contribution in [0.5, 0.6) is 5.75 Å². The van der Waals surface area contributed by atoms with Crippen molar-refractivity contribution in [2.75, 3.05) is 26.2 Å². The average Bonchev–Trinajstić information content (AvgIpc) is 2.98. The Labute approximate surface area is 114 Å². The number of ether oxygens (including phenoxy) is 1. The number of nitrogens with one attached hydrogen (secondary N) is 1. The molecule has 104 valence electrons. The molecule has 1 aromatic carbocycles. The lowest BCUT2D eigenvalue weighted by Gasteiger charge is -2.15. The maximum Gasteiger partial charge on any atom is 0.260 e. The summed E-state index contributed by atoms with van der Waals surface area (Å²) in [7, 11) is 0. The Bertz CT molecular complexity index is 397. The lowest BCUT2D eigenvalue weighted by Crippen LogP contribution is -2.32. The van der Waals surface area contributed by atoms with Gasteiger partial charge in [-0.25, -0.2) is 0 Å². The highest BCUT2D eigenvalue weighted by atomic mass is 16.5. The molecule has 0 saturated carbocycles. The van der Waals surface area contributed by atoms with Gasteiger partial charge in [0.1, 0.15) is 5.75 Å². The third kappa shape index (κ3) is 4.24. The van der Waals surface area contributed by atoms with Gasteiger partial charge >= 0.3 is 0 Å². The summed E-state index contributed by atoms with van der Waals surface area (Å²) in [6.45, 7) is 5.81. The predicted octanol–water partition coefficient (Wildman–Crippen LogP) is 1.80. The van der Waals surface area contributed by atoms with Crippen molar-refractivity contribution in [3.63, 3.8) is 0 Å². The van der Waals surface area contributed by atoms with E-state index in [9.17, 15) is 4.79 Å². The monoisotopic (exact) mass is 262 g/mol. The van der Waals surface area contributed by atoms with E-state index >= 15 is 0 Å². The molecule has 0 unspecified atom stereocenters. The van der Waals surface area contributed by atoms with E-state index in [0.29, 0.717) is 0 Å². The molecule has 0 aromatic heterocycles. The summed E-state index contributed by atoms with van der Waals surface area (Å²) in [4.78, 5) is 13.7. The van der Waals surface area contributed by atoms with E-state index in [1.165, 1.54) is 5.56 Å². The summed E-state index contributed by atoms with van der Waals surface area (Å²) < 4.78 is 5.53. The van der Waals surface area contributed by atoms with E-state index in [-0.39, 0.29) is 12.5 Å². The lowest BCUT2D eigenvalue weighted by atomic mass is 10.2. The molecule has 4 heteroatoms. The molecule has 1 aromatic rings. The fourth-order valence-electron chi connectivity index (χ4n) is 2.18. The third-order valence-electron chi connectivity index (χ3n) is 3.32. The number of hydrogen-bond donors (Lipinski definition) is 1. The van der Waals surface area contributed by atoms with Crippen LogP contribution in [0.1, 0.15) is 25.3 Å². The first-order valence-corrected chi connectivity index (χ1v) is 7.00. The van der Waals surface area contributed by atoms with E-state index in [1.807, 2.05) is 29.2 Å². The van der Waals surface area contributed by atoms with Crippen molar-refractivity contribution >= 4 is 5.91 Å². The van der Waals surface area contributed by atoms with Crippen molar-refractivity contribution < 1.29 is 9.53 Å². The van der Waals surface area contributed by atoms with Gasteiger partial charge in [0, 0.05) is 19.6 Å². The summed E-state index contributed by atoms with van der Waals surface area (Å²) in [6, 6.07) is 7.89. The molecule has 1 aliphatic rings. The van der Waals surface area contributed by atoms with Crippen LogP contribution in [0.15, 0.2) is 24.3 Å². The van der Waals surface area contributed by atoms with Gasteiger partial charge in [0.15, 0.2) is 6.61 Å². The second-order valence-corrected chi connectivity index (χ2v) is 4.80. The Kier molecular flexibility index (Phi) is 5.21. The van der Waals surface area contributed by atoms with Crippen LogP contribution < -0.4 is 10.1 Å². The Morgan fingerprint density at radius 3 is 2.58 bits per heavy atom. The summed E-state index contributed by atoms with van der Waals surface area (Å²) in [6.07, 6.45) is 2.23. The Balaban J connectivity index is 1.77. The van der Waals surface area contributed by atoms with E-state index in [4.69, 9.17) is 4.74 Å². The summed E-state index contributed by atoms with van der Waals surface area (Å²) in [5, 5.41) is 3.27. The average molecular weight is 262 g/mol.